The summed E-state index contributed by atoms with van der Waals surface area (Å²) < 4.78 is 31.1. The first-order valence-corrected chi connectivity index (χ1v) is 9.56. The van der Waals surface area contributed by atoms with Gasteiger partial charge in [0.05, 0.1) is 11.2 Å². The minimum Gasteiger partial charge on any atom is -0.444 e. The van der Waals surface area contributed by atoms with Crippen LogP contribution in [-0.2, 0) is 14.0 Å². The molecule has 2 rings (SSSR count). The molecule has 1 amide bonds. The van der Waals surface area contributed by atoms with Gasteiger partial charge in [-0.25, -0.2) is 9.18 Å². The Kier molecular flexibility index (Phi) is 6.53. The molecule has 0 aromatic heterocycles. The summed E-state index contributed by atoms with van der Waals surface area (Å²) in [6, 6.07) is 4.08. The van der Waals surface area contributed by atoms with Gasteiger partial charge in [-0.05, 0) is 77.7 Å². The molecule has 5 nitrogen and oxygen atoms in total. The first kappa shape index (κ1) is 22.7. The van der Waals surface area contributed by atoms with E-state index in [1.54, 1.807) is 26.8 Å². The Bertz CT molecular complexity index is 758. The van der Waals surface area contributed by atoms with Gasteiger partial charge >= 0.3 is 13.2 Å². The van der Waals surface area contributed by atoms with E-state index in [1.165, 1.54) is 18.2 Å². The molecule has 0 unspecified atom stereocenters. The monoisotopic (exact) mass is 411 g/mol. The quantitative estimate of drug-likeness (QED) is 0.707. The highest BCUT2D eigenvalue weighted by Crippen LogP contribution is 2.39. The maximum Gasteiger partial charge on any atom is 0.492 e. The summed E-state index contributed by atoms with van der Waals surface area (Å²) in [6.07, 6.45) is 1.10. The predicted octanol–water partition coefficient (Wildman–Crippen LogP) is 5.02. The fourth-order valence-electron chi connectivity index (χ4n) is 2.51. The fourth-order valence-corrected chi connectivity index (χ4v) is 2.68. The SMILES string of the molecule is CC(C)(C)OC(=O)NCC(=Cc1cc(F)ccc1Cl)B1OC(C)(C)C(C)(C)O1. The van der Waals surface area contributed by atoms with Crippen LogP contribution in [-0.4, -0.2) is 36.6 Å². The molecule has 1 saturated heterocycles. The smallest absolute Gasteiger partial charge is 0.444 e. The van der Waals surface area contributed by atoms with Crippen LogP contribution in [0, 0.1) is 5.82 Å². The molecule has 28 heavy (non-hydrogen) atoms. The highest BCUT2D eigenvalue weighted by Gasteiger charge is 2.52. The van der Waals surface area contributed by atoms with Crippen LogP contribution in [0.3, 0.4) is 0 Å². The normalized spacial score (nSPS) is 18.9. The average Bonchev–Trinajstić information content (AvgIpc) is 2.73. The molecular weight excluding hydrogens is 383 g/mol. The van der Waals surface area contributed by atoms with Gasteiger partial charge in [-0.1, -0.05) is 17.7 Å². The number of alkyl carbamates (subject to hydrolysis) is 1. The Labute approximate surface area is 171 Å². The van der Waals surface area contributed by atoms with E-state index in [2.05, 4.69) is 5.32 Å². The maximum absolute atomic E-state index is 13.7. The second-order valence-corrected chi connectivity index (χ2v) is 9.24. The summed E-state index contributed by atoms with van der Waals surface area (Å²) in [5.41, 5.74) is -0.679. The van der Waals surface area contributed by atoms with Crippen LogP contribution < -0.4 is 5.32 Å². The van der Waals surface area contributed by atoms with Crippen molar-refractivity contribution in [2.24, 2.45) is 0 Å². The summed E-state index contributed by atoms with van der Waals surface area (Å²) in [6.45, 7) is 13.2. The number of ether oxygens (including phenoxy) is 1. The van der Waals surface area contributed by atoms with Crippen molar-refractivity contribution in [3.63, 3.8) is 0 Å². The van der Waals surface area contributed by atoms with Crippen LogP contribution in [0.2, 0.25) is 5.02 Å². The first-order chi connectivity index (χ1) is 12.7. The van der Waals surface area contributed by atoms with Gasteiger partial charge < -0.3 is 19.4 Å². The van der Waals surface area contributed by atoms with Crippen molar-refractivity contribution in [2.75, 3.05) is 6.54 Å². The molecular formula is C20H28BClFNO4. The molecule has 1 heterocycles. The molecule has 1 fully saturated rings. The molecule has 1 aromatic carbocycles. The number of rotatable bonds is 4. The molecule has 0 radical (unpaired) electrons. The Balaban J connectivity index is 2.30. The summed E-state index contributed by atoms with van der Waals surface area (Å²) in [7, 11) is -0.723. The van der Waals surface area contributed by atoms with Crippen molar-refractivity contribution in [1.82, 2.24) is 5.32 Å². The highest BCUT2D eigenvalue weighted by molar-refractivity contribution is 6.56. The lowest BCUT2D eigenvalue weighted by Crippen LogP contribution is -2.41. The van der Waals surface area contributed by atoms with Crippen LogP contribution >= 0.6 is 11.6 Å². The molecule has 1 aliphatic heterocycles. The molecule has 0 aliphatic carbocycles. The zero-order valence-electron chi connectivity index (χ0n) is 17.5. The Morgan fingerprint density at radius 1 is 1.25 bits per heavy atom. The van der Waals surface area contributed by atoms with Crippen molar-refractivity contribution in [3.05, 3.63) is 40.1 Å². The molecule has 154 valence electrons. The fraction of sp³-hybridized carbons (Fsp3) is 0.550. The van der Waals surface area contributed by atoms with Crippen molar-refractivity contribution >= 4 is 30.9 Å². The van der Waals surface area contributed by atoms with E-state index in [1.807, 2.05) is 27.7 Å². The molecule has 8 heteroatoms. The standard InChI is InChI=1S/C20H28BClFNO4/c1-18(2,3)26-17(25)24-12-14(10-13-11-15(23)8-9-16(13)22)21-27-19(4,5)20(6,7)28-21/h8-11H,12H2,1-7H3,(H,24,25). The van der Waals surface area contributed by atoms with Gasteiger partial charge in [0.2, 0.25) is 0 Å². The highest BCUT2D eigenvalue weighted by atomic mass is 35.5. The van der Waals surface area contributed by atoms with Crippen LogP contribution in [0.1, 0.15) is 54.0 Å². The van der Waals surface area contributed by atoms with Gasteiger partial charge in [0, 0.05) is 11.6 Å². The number of amides is 1. The lowest BCUT2D eigenvalue weighted by atomic mass is 9.77. The third-order valence-corrected chi connectivity index (χ3v) is 5.03. The third-order valence-electron chi connectivity index (χ3n) is 4.69. The summed E-state index contributed by atoms with van der Waals surface area (Å²) in [4.78, 5) is 12.1. The van der Waals surface area contributed by atoms with E-state index in [9.17, 15) is 9.18 Å². The lowest BCUT2D eigenvalue weighted by Gasteiger charge is -2.32. The largest absolute Gasteiger partial charge is 0.492 e. The lowest BCUT2D eigenvalue weighted by molar-refractivity contribution is 0.00578. The number of halogens is 2. The van der Waals surface area contributed by atoms with Crippen molar-refractivity contribution < 1.29 is 23.2 Å². The van der Waals surface area contributed by atoms with Crippen LogP contribution in [0.5, 0.6) is 0 Å². The second kappa shape index (κ2) is 8.05. The zero-order valence-corrected chi connectivity index (χ0v) is 18.2. The summed E-state index contributed by atoms with van der Waals surface area (Å²) >= 11 is 6.20. The molecule has 0 spiro atoms. The number of benzene rings is 1. The van der Waals surface area contributed by atoms with E-state index >= 15 is 0 Å². The van der Waals surface area contributed by atoms with Crippen LogP contribution in [0.25, 0.3) is 6.08 Å². The zero-order chi connectivity index (χ0) is 21.3. The average molecular weight is 412 g/mol. The Hall–Kier alpha value is -1.57. The van der Waals surface area contributed by atoms with Crippen LogP contribution in [0.4, 0.5) is 9.18 Å². The Morgan fingerprint density at radius 2 is 1.82 bits per heavy atom. The minimum absolute atomic E-state index is 0.0958. The number of hydrogen-bond acceptors (Lipinski definition) is 4. The predicted molar refractivity (Wildman–Crippen MR) is 110 cm³/mol. The summed E-state index contributed by atoms with van der Waals surface area (Å²) in [5.74, 6) is -0.413. The number of carbonyl (C=O) groups excluding carboxylic acids is 1. The molecule has 1 aliphatic rings. The molecule has 0 atom stereocenters. The van der Waals surface area contributed by atoms with Gasteiger partial charge in [-0.15, -0.1) is 0 Å². The maximum atomic E-state index is 13.7. The first-order valence-electron chi connectivity index (χ1n) is 9.18. The van der Waals surface area contributed by atoms with Gasteiger partial charge in [-0.2, -0.15) is 0 Å². The molecule has 1 N–H and O–H groups in total. The van der Waals surface area contributed by atoms with Crippen molar-refractivity contribution in [3.8, 4) is 0 Å². The number of hydrogen-bond donors (Lipinski definition) is 1. The van der Waals surface area contributed by atoms with Gasteiger partial charge in [0.25, 0.3) is 0 Å². The summed E-state index contributed by atoms with van der Waals surface area (Å²) in [5, 5.41) is 3.08. The number of carbonyl (C=O) groups is 1. The topological polar surface area (TPSA) is 56.8 Å². The van der Waals surface area contributed by atoms with E-state index in [4.69, 9.17) is 25.6 Å². The van der Waals surface area contributed by atoms with Crippen LogP contribution in [0.15, 0.2) is 23.7 Å². The van der Waals surface area contributed by atoms with Gasteiger partial charge in [-0.3, -0.25) is 0 Å². The van der Waals surface area contributed by atoms with E-state index in [0.717, 1.165) is 0 Å². The van der Waals surface area contributed by atoms with E-state index < -0.39 is 35.8 Å². The number of nitrogens with one attached hydrogen (secondary N) is 1. The van der Waals surface area contributed by atoms with Gasteiger partial charge in [0.1, 0.15) is 11.4 Å². The van der Waals surface area contributed by atoms with E-state index in [0.29, 0.717) is 16.1 Å². The van der Waals surface area contributed by atoms with Crippen molar-refractivity contribution in [2.45, 2.75) is 65.3 Å². The minimum atomic E-state index is -0.723. The second-order valence-electron chi connectivity index (χ2n) is 8.83. The van der Waals surface area contributed by atoms with Crippen molar-refractivity contribution in [1.29, 1.82) is 0 Å². The third kappa shape index (κ3) is 5.72. The molecule has 0 bridgehead atoms. The van der Waals surface area contributed by atoms with Gasteiger partial charge in [0.15, 0.2) is 0 Å². The molecule has 0 saturated carbocycles. The van der Waals surface area contributed by atoms with E-state index in [-0.39, 0.29) is 6.54 Å². The Morgan fingerprint density at radius 3 is 2.36 bits per heavy atom. The molecule has 1 aromatic rings.